The maximum atomic E-state index is 11.8. The molecule has 0 aromatic heterocycles. The predicted octanol–water partition coefficient (Wildman–Crippen LogP) is 2.29. The number of likely N-dealkylation sites (N-methyl/N-ethyl adjacent to an activating group) is 1. The molecular formula is C12H15ClN2O3. The van der Waals surface area contributed by atoms with E-state index in [-0.39, 0.29) is 6.54 Å². The smallest absolute Gasteiger partial charge is 0.325 e. The number of ether oxygens (including phenoxy) is 1. The molecule has 0 aliphatic carbocycles. The molecule has 0 heterocycles. The lowest BCUT2D eigenvalue weighted by molar-refractivity contribution is -0.140. The van der Waals surface area contributed by atoms with Gasteiger partial charge in [0, 0.05) is 7.05 Å². The topological polar surface area (TPSA) is 58.6 Å². The van der Waals surface area contributed by atoms with Crippen LogP contribution in [0.4, 0.5) is 10.5 Å². The highest BCUT2D eigenvalue weighted by Crippen LogP contribution is 2.25. The molecule has 1 aromatic carbocycles. The van der Waals surface area contributed by atoms with E-state index in [0.29, 0.717) is 10.7 Å². The molecule has 5 nitrogen and oxygen atoms in total. The minimum atomic E-state index is -0.483. The Labute approximate surface area is 111 Å². The standard InChI is InChI=1S/C12H15ClN2O3/c1-8-5-4-6-9(13)11(8)14-12(17)15(2)7-10(16)18-3/h4-6H,7H2,1-3H3,(H,14,17). The van der Waals surface area contributed by atoms with Crippen LogP contribution in [0.2, 0.25) is 5.02 Å². The van der Waals surface area contributed by atoms with Gasteiger partial charge in [-0.15, -0.1) is 0 Å². The van der Waals surface area contributed by atoms with Crippen LogP contribution in [0, 0.1) is 6.92 Å². The Kier molecular flexibility index (Phi) is 4.97. The van der Waals surface area contributed by atoms with Crippen LogP contribution >= 0.6 is 11.6 Å². The number of halogens is 1. The molecule has 1 rings (SSSR count). The number of rotatable bonds is 3. The molecule has 0 atom stereocenters. The van der Waals surface area contributed by atoms with Crippen molar-refractivity contribution in [1.82, 2.24) is 4.90 Å². The Bertz CT molecular complexity index is 442. The molecular weight excluding hydrogens is 256 g/mol. The summed E-state index contributed by atoms with van der Waals surface area (Å²) < 4.78 is 4.48. The number of carbonyl (C=O) groups is 2. The molecule has 1 N–H and O–H groups in total. The summed E-state index contributed by atoms with van der Waals surface area (Å²) in [6, 6.07) is 4.90. The Hall–Kier alpha value is -1.75. The van der Waals surface area contributed by atoms with Crippen LogP contribution < -0.4 is 5.32 Å². The first-order chi connectivity index (χ1) is 8.45. The fraction of sp³-hybridized carbons (Fsp3) is 0.333. The van der Waals surface area contributed by atoms with Crippen LogP contribution in [-0.4, -0.2) is 37.6 Å². The molecule has 0 saturated carbocycles. The van der Waals surface area contributed by atoms with Crippen molar-refractivity contribution in [2.45, 2.75) is 6.92 Å². The first kappa shape index (κ1) is 14.3. The molecule has 0 fully saturated rings. The van der Waals surface area contributed by atoms with Crippen molar-refractivity contribution in [3.8, 4) is 0 Å². The van der Waals surface area contributed by atoms with Crippen molar-refractivity contribution in [1.29, 1.82) is 0 Å². The quantitative estimate of drug-likeness (QED) is 0.858. The van der Waals surface area contributed by atoms with Crippen LogP contribution in [-0.2, 0) is 9.53 Å². The molecule has 98 valence electrons. The molecule has 0 aliphatic rings. The van der Waals surface area contributed by atoms with E-state index in [1.165, 1.54) is 19.1 Å². The van der Waals surface area contributed by atoms with Gasteiger partial charge in [0.15, 0.2) is 0 Å². The monoisotopic (exact) mass is 270 g/mol. The molecule has 0 unspecified atom stereocenters. The largest absolute Gasteiger partial charge is 0.468 e. The number of para-hydroxylation sites is 1. The van der Waals surface area contributed by atoms with E-state index in [2.05, 4.69) is 10.1 Å². The third kappa shape index (κ3) is 3.63. The molecule has 0 bridgehead atoms. The molecule has 0 spiro atoms. The summed E-state index contributed by atoms with van der Waals surface area (Å²) in [5.74, 6) is -0.483. The maximum Gasteiger partial charge on any atom is 0.325 e. The molecule has 6 heteroatoms. The molecule has 2 amide bonds. The number of aryl methyl sites for hydroxylation is 1. The van der Waals surface area contributed by atoms with E-state index in [0.717, 1.165) is 5.56 Å². The number of methoxy groups -OCH3 is 1. The highest BCUT2D eigenvalue weighted by atomic mass is 35.5. The van der Waals surface area contributed by atoms with Gasteiger partial charge in [0.2, 0.25) is 0 Å². The number of hydrogen-bond donors (Lipinski definition) is 1. The molecule has 1 aromatic rings. The zero-order valence-electron chi connectivity index (χ0n) is 10.5. The Morgan fingerprint density at radius 3 is 2.67 bits per heavy atom. The zero-order chi connectivity index (χ0) is 13.7. The van der Waals surface area contributed by atoms with Gasteiger partial charge < -0.3 is 15.0 Å². The Morgan fingerprint density at radius 1 is 1.44 bits per heavy atom. The minimum Gasteiger partial charge on any atom is -0.468 e. The number of nitrogens with zero attached hydrogens (tertiary/aromatic N) is 1. The van der Waals surface area contributed by atoms with Crippen LogP contribution in [0.25, 0.3) is 0 Å². The number of carbonyl (C=O) groups excluding carboxylic acids is 2. The summed E-state index contributed by atoms with van der Waals surface area (Å²) in [6.07, 6.45) is 0. The lowest BCUT2D eigenvalue weighted by Gasteiger charge is -2.18. The van der Waals surface area contributed by atoms with Gasteiger partial charge in [0.1, 0.15) is 6.54 Å². The summed E-state index contributed by atoms with van der Waals surface area (Å²) >= 11 is 5.99. The van der Waals surface area contributed by atoms with Crippen molar-refractivity contribution in [2.24, 2.45) is 0 Å². The highest BCUT2D eigenvalue weighted by molar-refractivity contribution is 6.33. The number of amides is 2. The van der Waals surface area contributed by atoms with Gasteiger partial charge in [0.25, 0.3) is 0 Å². The van der Waals surface area contributed by atoms with Gasteiger partial charge in [-0.05, 0) is 18.6 Å². The van der Waals surface area contributed by atoms with E-state index in [9.17, 15) is 9.59 Å². The lowest BCUT2D eigenvalue weighted by atomic mass is 10.2. The molecule has 0 saturated heterocycles. The third-order valence-corrected chi connectivity index (χ3v) is 2.71. The molecule has 18 heavy (non-hydrogen) atoms. The second kappa shape index (κ2) is 6.26. The Morgan fingerprint density at radius 2 is 2.11 bits per heavy atom. The van der Waals surface area contributed by atoms with Gasteiger partial charge in [0.05, 0.1) is 17.8 Å². The van der Waals surface area contributed by atoms with Crippen molar-refractivity contribution in [2.75, 3.05) is 26.0 Å². The first-order valence-electron chi connectivity index (χ1n) is 5.29. The second-order valence-corrected chi connectivity index (χ2v) is 4.20. The van der Waals surface area contributed by atoms with E-state index in [4.69, 9.17) is 11.6 Å². The summed E-state index contributed by atoms with van der Waals surface area (Å²) in [6.45, 7) is 1.72. The first-order valence-corrected chi connectivity index (χ1v) is 5.67. The highest BCUT2D eigenvalue weighted by Gasteiger charge is 2.15. The number of hydrogen-bond acceptors (Lipinski definition) is 3. The van der Waals surface area contributed by atoms with Crippen LogP contribution in [0.1, 0.15) is 5.56 Å². The zero-order valence-corrected chi connectivity index (χ0v) is 11.2. The fourth-order valence-corrected chi connectivity index (χ4v) is 1.59. The summed E-state index contributed by atoms with van der Waals surface area (Å²) in [5, 5.41) is 3.11. The summed E-state index contributed by atoms with van der Waals surface area (Å²) in [7, 11) is 2.77. The van der Waals surface area contributed by atoms with Crippen LogP contribution in [0.15, 0.2) is 18.2 Å². The SMILES string of the molecule is COC(=O)CN(C)C(=O)Nc1c(C)cccc1Cl. The minimum absolute atomic E-state index is 0.119. The predicted molar refractivity (Wildman–Crippen MR) is 69.9 cm³/mol. The average molecular weight is 271 g/mol. The molecule has 0 radical (unpaired) electrons. The summed E-state index contributed by atoms with van der Waals surface area (Å²) in [5.41, 5.74) is 1.39. The fourth-order valence-electron chi connectivity index (χ4n) is 1.32. The van der Waals surface area contributed by atoms with E-state index >= 15 is 0 Å². The van der Waals surface area contributed by atoms with Crippen molar-refractivity contribution < 1.29 is 14.3 Å². The number of esters is 1. The van der Waals surface area contributed by atoms with E-state index in [1.807, 2.05) is 13.0 Å². The average Bonchev–Trinajstić information content (AvgIpc) is 2.33. The van der Waals surface area contributed by atoms with Crippen LogP contribution in [0.3, 0.4) is 0 Å². The number of anilines is 1. The number of nitrogens with one attached hydrogen (secondary N) is 1. The third-order valence-electron chi connectivity index (χ3n) is 2.39. The van der Waals surface area contributed by atoms with Gasteiger partial charge in [-0.3, -0.25) is 4.79 Å². The lowest BCUT2D eigenvalue weighted by Crippen LogP contribution is -2.36. The van der Waals surface area contributed by atoms with Crippen molar-refractivity contribution >= 4 is 29.3 Å². The normalized spacial score (nSPS) is 9.78. The number of benzene rings is 1. The maximum absolute atomic E-state index is 11.8. The van der Waals surface area contributed by atoms with Gasteiger partial charge in [-0.25, -0.2) is 4.79 Å². The van der Waals surface area contributed by atoms with Crippen molar-refractivity contribution in [3.63, 3.8) is 0 Å². The second-order valence-electron chi connectivity index (χ2n) is 3.79. The van der Waals surface area contributed by atoms with E-state index < -0.39 is 12.0 Å². The Balaban J connectivity index is 2.73. The van der Waals surface area contributed by atoms with Gasteiger partial charge in [-0.1, -0.05) is 23.7 Å². The van der Waals surface area contributed by atoms with E-state index in [1.54, 1.807) is 12.1 Å². The van der Waals surface area contributed by atoms with Crippen molar-refractivity contribution in [3.05, 3.63) is 28.8 Å². The van der Waals surface area contributed by atoms with Gasteiger partial charge >= 0.3 is 12.0 Å². The number of urea groups is 1. The molecule has 0 aliphatic heterocycles. The summed E-state index contributed by atoms with van der Waals surface area (Å²) in [4.78, 5) is 24.1. The van der Waals surface area contributed by atoms with Crippen LogP contribution in [0.5, 0.6) is 0 Å². The van der Waals surface area contributed by atoms with Gasteiger partial charge in [-0.2, -0.15) is 0 Å².